The zero-order valence-corrected chi connectivity index (χ0v) is 19.8. The van der Waals surface area contributed by atoms with Crippen molar-refractivity contribution < 1.29 is 15.0 Å². The average molecular weight is 427 g/mol. The zero-order valence-electron chi connectivity index (χ0n) is 19.8. The molecule has 0 radical (unpaired) electrons. The van der Waals surface area contributed by atoms with Gasteiger partial charge in [0.05, 0.1) is 12.2 Å². The molecule has 0 spiro atoms. The molecule has 0 aromatic rings. The number of hydrogen-bond acceptors (Lipinski definition) is 3. The fourth-order valence-corrected chi connectivity index (χ4v) is 6.42. The van der Waals surface area contributed by atoms with Crippen molar-refractivity contribution in [2.45, 2.75) is 97.2 Å². The van der Waals surface area contributed by atoms with Crippen LogP contribution in [-0.4, -0.2) is 28.2 Å². The van der Waals surface area contributed by atoms with Crippen molar-refractivity contribution in [2.24, 2.45) is 23.2 Å². The molecule has 4 unspecified atom stereocenters. The molecule has 0 heterocycles. The van der Waals surface area contributed by atoms with Gasteiger partial charge in [0.15, 0.2) is 5.78 Å². The van der Waals surface area contributed by atoms with Crippen LogP contribution in [0.1, 0.15) is 85.0 Å². The van der Waals surface area contributed by atoms with Crippen molar-refractivity contribution in [3.05, 3.63) is 47.6 Å². The van der Waals surface area contributed by atoms with Crippen LogP contribution in [-0.2, 0) is 4.79 Å². The summed E-state index contributed by atoms with van der Waals surface area (Å²) in [5, 5.41) is 19.9. The van der Waals surface area contributed by atoms with Gasteiger partial charge in [0.1, 0.15) is 0 Å². The van der Waals surface area contributed by atoms with Crippen molar-refractivity contribution in [2.75, 3.05) is 0 Å². The minimum Gasteiger partial charge on any atom is -0.393 e. The molecule has 3 heteroatoms. The van der Waals surface area contributed by atoms with Gasteiger partial charge in [-0.3, -0.25) is 4.79 Å². The first-order valence-corrected chi connectivity index (χ1v) is 12.4. The first-order valence-electron chi connectivity index (χ1n) is 12.4. The van der Waals surface area contributed by atoms with E-state index >= 15 is 0 Å². The zero-order chi connectivity index (χ0) is 22.6. The van der Waals surface area contributed by atoms with E-state index in [9.17, 15) is 15.0 Å². The molecule has 0 saturated heterocycles. The topological polar surface area (TPSA) is 57.5 Å². The number of carbonyl (C=O) groups excluding carboxylic acids is 1. The van der Waals surface area contributed by atoms with Crippen molar-refractivity contribution in [3.63, 3.8) is 0 Å². The summed E-state index contributed by atoms with van der Waals surface area (Å²) >= 11 is 0. The SMILES string of the molecule is C=C1/C(=C\C=C2/CCC[C@]3(C)C(C/C=C/C(=O)[C@H](CC)C(C)O)CCC23)CCCC1O. The first-order chi connectivity index (χ1) is 14.8. The van der Waals surface area contributed by atoms with Gasteiger partial charge in [-0.25, -0.2) is 0 Å². The number of aliphatic hydroxyl groups is 2. The minimum absolute atomic E-state index is 0.0583. The van der Waals surface area contributed by atoms with Gasteiger partial charge in [-0.2, -0.15) is 0 Å². The van der Waals surface area contributed by atoms with Gasteiger partial charge in [-0.05, 0) is 106 Å². The predicted octanol–water partition coefficient (Wildman–Crippen LogP) is 6.08. The van der Waals surface area contributed by atoms with E-state index in [0.717, 1.165) is 31.3 Å². The molecule has 3 aliphatic rings. The lowest BCUT2D eigenvalue weighted by molar-refractivity contribution is -0.121. The van der Waals surface area contributed by atoms with Crippen LogP contribution in [0.3, 0.4) is 0 Å². The highest BCUT2D eigenvalue weighted by Crippen LogP contribution is 2.58. The van der Waals surface area contributed by atoms with E-state index in [4.69, 9.17) is 0 Å². The number of fused-ring (bicyclic) bond motifs is 1. The van der Waals surface area contributed by atoms with Gasteiger partial charge >= 0.3 is 0 Å². The maximum Gasteiger partial charge on any atom is 0.161 e. The second-order valence-electron chi connectivity index (χ2n) is 10.3. The van der Waals surface area contributed by atoms with E-state index in [1.165, 1.54) is 37.7 Å². The van der Waals surface area contributed by atoms with Crippen molar-refractivity contribution in [1.82, 2.24) is 0 Å². The summed E-state index contributed by atoms with van der Waals surface area (Å²) in [6.45, 7) is 10.2. The molecule has 0 aromatic carbocycles. The largest absolute Gasteiger partial charge is 0.393 e. The molecular weight excluding hydrogens is 384 g/mol. The maximum absolute atomic E-state index is 12.4. The molecule has 3 nitrogen and oxygen atoms in total. The maximum atomic E-state index is 12.4. The Hall–Kier alpha value is -1.45. The van der Waals surface area contributed by atoms with Crippen LogP contribution in [0, 0.1) is 23.2 Å². The highest BCUT2D eigenvalue weighted by molar-refractivity contribution is 5.92. The number of carbonyl (C=O) groups is 1. The standard InChI is InChI=1S/C28H42O3/c1-5-24(20(3)29)27(31)13-7-11-23-16-17-25-22(10-8-18-28(23,25)4)15-14-21-9-6-12-26(30)19(21)2/h7,13-15,20,23-26,29-30H,2,5-6,8-12,16-18H2,1,3-4H3/b13-7+,21-14-,22-15+/t20?,23?,24-,25?,26?,28-/m1/s1. The highest BCUT2D eigenvalue weighted by atomic mass is 16.3. The summed E-state index contributed by atoms with van der Waals surface area (Å²) < 4.78 is 0. The van der Waals surface area contributed by atoms with Crippen LogP contribution in [0.25, 0.3) is 0 Å². The lowest BCUT2D eigenvalue weighted by Crippen LogP contribution is -2.33. The van der Waals surface area contributed by atoms with Gasteiger partial charge < -0.3 is 10.2 Å². The smallest absolute Gasteiger partial charge is 0.161 e. The Kier molecular flexibility index (Phi) is 8.15. The molecule has 3 fully saturated rings. The van der Waals surface area contributed by atoms with Gasteiger partial charge in [-0.15, -0.1) is 0 Å². The van der Waals surface area contributed by atoms with Crippen LogP contribution < -0.4 is 0 Å². The summed E-state index contributed by atoms with van der Waals surface area (Å²) in [6.07, 6.45) is 18.0. The second-order valence-corrected chi connectivity index (χ2v) is 10.3. The molecule has 3 saturated carbocycles. The molecule has 3 aliphatic carbocycles. The van der Waals surface area contributed by atoms with Gasteiger partial charge in [0.2, 0.25) is 0 Å². The third-order valence-electron chi connectivity index (χ3n) is 8.49. The van der Waals surface area contributed by atoms with E-state index in [2.05, 4.69) is 31.7 Å². The fourth-order valence-electron chi connectivity index (χ4n) is 6.42. The Morgan fingerprint density at radius 2 is 2.00 bits per heavy atom. The monoisotopic (exact) mass is 426 g/mol. The molecule has 0 aliphatic heterocycles. The molecule has 0 amide bonds. The summed E-state index contributed by atoms with van der Waals surface area (Å²) in [7, 11) is 0. The lowest BCUT2D eigenvalue weighted by atomic mass is 9.63. The van der Waals surface area contributed by atoms with Crippen molar-refractivity contribution in [3.8, 4) is 0 Å². The average Bonchev–Trinajstić information content (AvgIpc) is 3.06. The molecule has 172 valence electrons. The quantitative estimate of drug-likeness (QED) is 0.485. The van der Waals surface area contributed by atoms with Crippen molar-refractivity contribution in [1.29, 1.82) is 0 Å². The predicted molar refractivity (Wildman–Crippen MR) is 128 cm³/mol. The molecule has 0 aromatic heterocycles. The summed E-state index contributed by atoms with van der Waals surface area (Å²) in [5.74, 6) is 1.00. The normalized spacial score (nSPS) is 36.2. The molecule has 3 rings (SSSR count). The Balaban J connectivity index is 1.67. The Labute approximate surface area is 189 Å². The van der Waals surface area contributed by atoms with Crippen LogP contribution in [0.2, 0.25) is 0 Å². The number of allylic oxidation sites excluding steroid dienone is 5. The second kappa shape index (κ2) is 10.4. The summed E-state index contributed by atoms with van der Waals surface area (Å²) in [4.78, 5) is 12.4. The van der Waals surface area contributed by atoms with Crippen LogP contribution in [0.4, 0.5) is 0 Å². The van der Waals surface area contributed by atoms with E-state index in [-0.39, 0.29) is 17.8 Å². The van der Waals surface area contributed by atoms with Crippen molar-refractivity contribution >= 4 is 5.78 Å². The molecular formula is C28H42O3. The summed E-state index contributed by atoms with van der Waals surface area (Å²) in [5.41, 5.74) is 3.99. The fraction of sp³-hybridized carbons (Fsp3) is 0.679. The Bertz CT molecular complexity index is 756. The van der Waals surface area contributed by atoms with Crippen LogP contribution >= 0.6 is 0 Å². The third-order valence-corrected chi connectivity index (χ3v) is 8.49. The summed E-state index contributed by atoms with van der Waals surface area (Å²) in [6, 6.07) is 0. The van der Waals surface area contributed by atoms with Crippen LogP contribution in [0.15, 0.2) is 47.6 Å². The lowest BCUT2D eigenvalue weighted by Gasteiger charge is -2.42. The van der Waals surface area contributed by atoms with E-state index in [0.29, 0.717) is 23.7 Å². The molecule has 0 bridgehead atoms. The number of aliphatic hydroxyl groups excluding tert-OH is 2. The van der Waals surface area contributed by atoms with Gasteiger partial charge in [0.25, 0.3) is 0 Å². The first kappa shape index (κ1) is 24.2. The minimum atomic E-state index is -0.586. The van der Waals surface area contributed by atoms with E-state index < -0.39 is 6.10 Å². The number of rotatable bonds is 7. The Morgan fingerprint density at radius 3 is 2.71 bits per heavy atom. The molecule has 6 atom stereocenters. The van der Waals surface area contributed by atoms with Gasteiger partial charge in [-0.1, -0.05) is 44.2 Å². The number of hydrogen-bond donors (Lipinski definition) is 2. The highest BCUT2D eigenvalue weighted by Gasteiger charge is 2.48. The number of ketones is 1. The third kappa shape index (κ3) is 5.31. The van der Waals surface area contributed by atoms with Crippen LogP contribution in [0.5, 0.6) is 0 Å². The van der Waals surface area contributed by atoms with E-state index in [1.807, 2.05) is 6.92 Å². The van der Waals surface area contributed by atoms with E-state index in [1.54, 1.807) is 18.6 Å². The van der Waals surface area contributed by atoms with Gasteiger partial charge in [0, 0.05) is 5.92 Å². The Morgan fingerprint density at radius 1 is 1.23 bits per heavy atom. The molecule has 2 N–H and O–H groups in total. The molecule has 31 heavy (non-hydrogen) atoms.